The third-order valence-electron chi connectivity index (χ3n) is 2.86. The van der Waals surface area contributed by atoms with E-state index in [0.29, 0.717) is 13.1 Å². The summed E-state index contributed by atoms with van der Waals surface area (Å²) in [6.07, 6.45) is 1.99. The number of rotatable bonds is 5. The molecule has 0 spiro atoms. The smallest absolute Gasteiger partial charge is 0.234 e. The van der Waals surface area contributed by atoms with Crippen LogP contribution in [0.4, 0.5) is 0 Å². The van der Waals surface area contributed by atoms with Crippen LogP contribution in [0.3, 0.4) is 0 Å². The number of hydrogen-bond acceptors (Lipinski definition) is 3. The molecule has 2 heterocycles. The van der Waals surface area contributed by atoms with E-state index in [1.807, 2.05) is 49.6 Å². The molecule has 0 aliphatic carbocycles. The van der Waals surface area contributed by atoms with Gasteiger partial charge >= 0.3 is 0 Å². The summed E-state index contributed by atoms with van der Waals surface area (Å²) in [6, 6.07) is 6.09. The number of fused-ring (bicyclic) bond motifs is 1. The quantitative estimate of drug-likeness (QED) is 0.851. The molecule has 0 aromatic carbocycles. The number of carbonyl (C=O) groups is 1. The standard InChI is InChI=1S/C14H20N4O/c1-10(2)16-14(19)9-15-8-12-11(3)17-13-6-4-5-7-18(12)13/h4-7,10,15H,8-9H2,1-3H3,(H,16,19). The van der Waals surface area contributed by atoms with Crippen molar-refractivity contribution >= 4 is 11.6 Å². The predicted molar refractivity (Wildman–Crippen MR) is 74.9 cm³/mol. The Bertz CT molecular complexity index is 574. The molecule has 0 atom stereocenters. The maximum atomic E-state index is 11.5. The van der Waals surface area contributed by atoms with Gasteiger partial charge in [-0.3, -0.25) is 4.79 Å². The van der Waals surface area contributed by atoms with E-state index >= 15 is 0 Å². The van der Waals surface area contributed by atoms with Crippen molar-refractivity contribution in [1.29, 1.82) is 0 Å². The molecule has 0 aliphatic rings. The number of nitrogens with one attached hydrogen (secondary N) is 2. The molecular weight excluding hydrogens is 240 g/mol. The lowest BCUT2D eigenvalue weighted by molar-refractivity contribution is -0.120. The van der Waals surface area contributed by atoms with Crippen molar-refractivity contribution in [3.05, 3.63) is 35.8 Å². The number of pyridine rings is 1. The summed E-state index contributed by atoms with van der Waals surface area (Å²) in [4.78, 5) is 16.0. The van der Waals surface area contributed by atoms with Crippen molar-refractivity contribution in [2.75, 3.05) is 6.54 Å². The Morgan fingerprint density at radius 2 is 2.21 bits per heavy atom. The van der Waals surface area contributed by atoms with Crippen molar-refractivity contribution in [2.45, 2.75) is 33.4 Å². The fourth-order valence-electron chi connectivity index (χ4n) is 2.04. The van der Waals surface area contributed by atoms with Crippen molar-refractivity contribution in [3.8, 4) is 0 Å². The second-order valence-electron chi connectivity index (χ2n) is 4.90. The fourth-order valence-corrected chi connectivity index (χ4v) is 2.04. The fraction of sp³-hybridized carbons (Fsp3) is 0.429. The Labute approximate surface area is 113 Å². The zero-order valence-corrected chi connectivity index (χ0v) is 11.6. The van der Waals surface area contributed by atoms with E-state index in [1.165, 1.54) is 0 Å². The second-order valence-corrected chi connectivity index (χ2v) is 4.90. The molecule has 102 valence electrons. The molecule has 0 bridgehead atoms. The molecule has 2 aromatic heterocycles. The first-order valence-corrected chi connectivity index (χ1v) is 6.50. The summed E-state index contributed by atoms with van der Waals surface area (Å²) in [5.41, 5.74) is 3.01. The minimum atomic E-state index is 0.0153. The first-order valence-electron chi connectivity index (χ1n) is 6.50. The van der Waals surface area contributed by atoms with Gasteiger partial charge in [-0.1, -0.05) is 6.07 Å². The van der Waals surface area contributed by atoms with E-state index in [4.69, 9.17) is 0 Å². The van der Waals surface area contributed by atoms with Crippen molar-refractivity contribution in [1.82, 2.24) is 20.0 Å². The first kappa shape index (κ1) is 13.5. The molecule has 0 aliphatic heterocycles. The van der Waals surface area contributed by atoms with Gasteiger partial charge in [0.25, 0.3) is 0 Å². The average Bonchev–Trinajstić information content (AvgIpc) is 2.65. The van der Waals surface area contributed by atoms with E-state index in [0.717, 1.165) is 17.0 Å². The Morgan fingerprint density at radius 3 is 2.95 bits per heavy atom. The van der Waals surface area contributed by atoms with Crippen molar-refractivity contribution in [2.24, 2.45) is 0 Å². The van der Waals surface area contributed by atoms with Gasteiger partial charge in [-0.25, -0.2) is 4.98 Å². The van der Waals surface area contributed by atoms with Crippen LogP contribution in [-0.2, 0) is 11.3 Å². The van der Waals surface area contributed by atoms with Crippen LogP contribution in [0.2, 0.25) is 0 Å². The molecule has 0 saturated heterocycles. The molecule has 19 heavy (non-hydrogen) atoms. The van der Waals surface area contributed by atoms with Gasteiger partial charge in [0.2, 0.25) is 5.91 Å². The molecule has 1 amide bonds. The molecule has 2 aromatic rings. The lowest BCUT2D eigenvalue weighted by Gasteiger charge is -2.09. The van der Waals surface area contributed by atoms with Crippen LogP contribution in [0, 0.1) is 6.92 Å². The number of aryl methyl sites for hydroxylation is 1. The van der Waals surface area contributed by atoms with Crippen LogP contribution in [0.25, 0.3) is 5.65 Å². The van der Waals surface area contributed by atoms with Crippen molar-refractivity contribution in [3.63, 3.8) is 0 Å². The third-order valence-corrected chi connectivity index (χ3v) is 2.86. The van der Waals surface area contributed by atoms with Gasteiger partial charge in [0.1, 0.15) is 5.65 Å². The summed E-state index contributed by atoms with van der Waals surface area (Å²) in [5, 5.41) is 6.00. The van der Waals surface area contributed by atoms with Crippen LogP contribution in [-0.4, -0.2) is 27.9 Å². The minimum absolute atomic E-state index is 0.0153. The van der Waals surface area contributed by atoms with Gasteiger partial charge in [-0.15, -0.1) is 0 Å². The van der Waals surface area contributed by atoms with Gasteiger partial charge in [-0.05, 0) is 32.9 Å². The van der Waals surface area contributed by atoms with Gasteiger partial charge in [0.15, 0.2) is 0 Å². The van der Waals surface area contributed by atoms with Crippen LogP contribution in [0.1, 0.15) is 25.2 Å². The highest BCUT2D eigenvalue weighted by molar-refractivity contribution is 5.78. The van der Waals surface area contributed by atoms with E-state index in [1.54, 1.807) is 0 Å². The Balaban J connectivity index is 1.98. The predicted octanol–water partition coefficient (Wildman–Crippen LogP) is 1.26. The van der Waals surface area contributed by atoms with Gasteiger partial charge in [0.05, 0.1) is 17.9 Å². The molecule has 5 nitrogen and oxygen atoms in total. The topological polar surface area (TPSA) is 58.4 Å². The lowest BCUT2D eigenvalue weighted by atomic mass is 10.3. The largest absolute Gasteiger partial charge is 0.353 e. The van der Waals surface area contributed by atoms with Crippen LogP contribution in [0.5, 0.6) is 0 Å². The van der Waals surface area contributed by atoms with Crippen LogP contribution >= 0.6 is 0 Å². The number of carbonyl (C=O) groups excluding carboxylic acids is 1. The van der Waals surface area contributed by atoms with Crippen LogP contribution < -0.4 is 10.6 Å². The molecule has 0 radical (unpaired) electrons. The third kappa shape index (κ3) is 3.32. The van der Waals surface area contributed by atoms with E-state index < -0.39 is 0 Å². The lowest BCUT2D eigenvalue weighted by Crippen LogP contribution is -2.37. The monoisotopic (exact) mass is 260 g/mol. The molecule has 0 unspecified atom stereocenters. The highest BCUT2D eigenvalue weighted by Crippen LogP contribution is 2.10. The van der Waals surface area contributed by atoms with Gasteiger partial charge < -0.3 is 15.0 Å². The number of imidazole rings is 1. The van der Waals surface area contributed by atoms with E-state index in [2.05, 4.69) is 15.6 Å². The summed E-state index contributed by atoms with van der Waals surface area (Å²) in [6.45, 7) is 6.83. The number of nitrogens with zero attached hydrogens (tertiary/aromatic N) is 2. The highest BCUT2D eigenvalue weighted by Gasteiger charge is 2.08. The maximum Gasteiger partial charge on any atom is 0.234 e. The maximum absolute atomic E-state index is 11.5. The normalized spacial score (nSPS) is 11.2. The number of aromatic nitrogens is 2. The summed E-state index contributed by atoms with van der Waals surface area (Å²) < 4.78 is 2.04. The Morgan fingerprint density at radius 1 is 1.42 bits per heavy atom. The van der Waals surface area contributed by atoms with Crippen molar-refractivity contribution < 1.29 is 4.79 Å². The summed E-state index contributed by atoms with van der Waals surface area (Å²) in [5.74, 6) is 0.0153. The molecule has 5 heteroatoms. The van der Waals surface area contributed by atoms with Gasteiger partial charge in [-0.2, -0.15) is 0 Å². The Hall–Kier alpha value is -1.88. The first-order chi connectivity index (χ1) is 9.08. The van der Waals surface area contributed by atoms with Gasteiger partial charge in [0, 0.05) is 18.8 Å². The zero-order chi connectivity index (χ0) is 13.8. The van der Waals surface area contributed by atoms with E-state index in [9.17, 15) is 4.79 Å². The number of amides is 1. The zero-order valence-electron chi connectivity index (χ0n) is 11.6. The SMILES string of the molecule is Cc1nc2ccccn2c1CNCC(=O)NC(C)C. The minimum Gasteiger partial charge on any atom is -0.353 e. The molecule has 0 saturated carbocycles. The molecule has 2 rings (SSSR count). The van der Waals surface area contributed by atoms with Crippen LogP contribution in [0.15, 0.2) is 24.4 Å². The molecule has 0 fully saturated rings. The second kappa shape index (κ2) is 5.84. The summed E-state index contributed by atoms with van der Waals surface area (Å²) in [7, 11) is 0. The number of hydrogen-bond donors (Lipinski definition) is 2. The Kier molecular flexibility index (Phi) is 4.16. The average molecular weight is 260 g/mol. The highest BCUT2D eigenvalue weighted by atomic mass is 16.1. The molecule has 2 N–H and O–H groups in total. The molecular formula is C14H20N4O. The summed E-state index contributed by atoms with van der Waals surface area (Å²) >= 11 is 0. The van der Waals surface area contributed by atoms with E-state index in [-0.39, 0.29) is 11.9 Å².